The molecule has 2 heterocycles. The SMILES string of the molecule is CCOC(=O)N1CCN2c3ccccc3Sc3ccccc3C2C1. The molecule has 1 amide bonds. The Morgan fingerprint density at radius 3 is 2.71 bits per heavy atom. The number of piperazine rings is 1. The normalized spacial score (nSPS) is 19.0. The second kappa shape index (κ2) is 6.40. The van der Waals surface area contributed by atoms with Crippen molar-refractivity contribution in [2.75, 3.05) is 31.1 Å². The third kappa shape index (κ3) is 2.63. The van der Waals surface area contributed by atoms with Gasteiger partial charge in [-0.15, -0.1) is 0 Å². The zero-order chi connectivity index (χ0) is 16.5. The zero-order valence-electron chi connectivity index (χ0n) is 13.6. The van der Waals surface area contributed by atoms with E-state index in [-0.39, 0.29) is 12.1 Å². The number of amides is 1. The van der Waals surface area contributed by atoms with E-state index in [9.17, 15) is 4.79 Å². The molecule has 1 fully saturated rings. The van der Waals surface area contributed by atoms with Crippen LogP contribution in [0.5, 0.6) is 0 Å². The fraction of sp³-hybridized carbons (Fsp3) is 0.316. The summed E-state index contributed by atoms with van der Waals surface area (Å²) in [5.41, 5.74) is 2.54. The average Bonchev–Trinajstić information content (AvgIpc) is 2.76. The number of anilines is 1. The Kier molecular flexibility index (Phi) is 4.10. The summed E-state index contributed by atoms with van der Waals surface area (Å²) in [7, 11) is 0. The molecule has 0 N–H and O–H groups in total. The first-order valence-electron chi connectivity index (χ1n) is 8.32. The monoisotopic (exact) mass is 340 g/mol. The van der Waals surface area contributed by atoms with Crippen LogP contribution >= 0.6 is 11.8 Å². The molecule has 2 aliphatic rings. The van der Waals surface area contributed by atoms with Crippen molar-refractivity contribution >= 4 is 23.5 Å². The van der Waals surface area contributed by atoms with Crippen LogP contribution in [0.15, 0.2) is 58.3 Å². The molecule has 4 nitrogen and oxygen atoms in total. The van der Waals surface area contributed by atoms with Crippen LogP contribution in [0.25, 0.3) is 0 Å². The lowest BCUT2D eigenvalue weighted by molar-refractivity contribution is 0.0989. The number of para-hydroxylation sites is 1. The molecule has 0 saturated carbocycles. The zero-order valence-corrected chi connectivity index (χ0v) is 14.5. The Labute approximate surface area is 146 Å². The number of benzene rings is 2. The van der Waals surface area contributed by atoms with Crippen LogP contribution in [0.2, 0.25) is 0 Å². The Bertz CT molecular complexity index is 765. The highest BCUT2D eigenvalue weighted by Gasteiger charge is 2.35. The molecule has 2 aromatic rings. The molecule has 124 valence electrons. The lowest BCUT2D eigenvalue weighted by Gasteiger charge is -2.42. The van der Waals surface area contributed by atoms with E-state index in [1.54, 1.807) is 0 Å². The number of rotatable bonds is 1. The topological polar surface area (TPSA) is 32.8 Å². The first-order chi connectivity index (χ1) is 11.8. The number of carbonyl (C=O) groups excluding carboxylic acids is 1. The van der Waals surface area contributed by atoms with E-state index in [0.29, 0.717) is 19.7 Å². The van der Waals surface area contributed by atoms with E-state index >= 15 is 0 Å². The molecule has 0 aliphatic carbocycles. The molecule has 1 saturated heterocycles. The summed E-state index contributed by atoms with van der Waals surface area (Å²) in [6.45, 7) is 4.43. The minimum Gasteiger partial charge on any atom is -0.450 e. The predicted molar refractivity (Wildman–Crippen MR) is 95.7 cm³/mol. The smallest absolute Gasteiger partial charge is 0.409 e. The molecule has 5 heteroatoms. The second-order valence-electron chi connectivity index (χ2n) is 5.96. The van der Waals surface area contributed by atoms with Gasteiger partial charge in [0.1, 0.15) is 0 Å². The maximum Gasteiger partial charge on any atom is 0.409 e. The van der Waals surface area contributed by atoms with Crippen LogP contribution in [-0.4, -0.2) is 37.2 Å². The molecule has 24 heavy (non-hydrogen) atoms. The van der Waals surface area contributed by atoms with Crippen LogP contribution < -0.4 is 4.90 Å². The minimum absolute atomic E-state index is 0.163. The summed E-state index contributed by atoms with van der Waals surface area (Å²) in [4.78, 5) is 19.0. The van der Waals surface area contributed by atoms with Gasteiger partial charge in [-0.1, -0.05) is 42.1 Å². The fourth-order valence-corrected chi connectivity index (χ4v) is 4.61. The molecule has 0 spiro atoms. The van der Waals surface area contributed by atoms with Gasteiger partial charge >= 0.3 is 6.09 Å². The highest BCUT2D eigenvalue weighted by molar-refractivity contribution is 7.99. The number of hydrogen-bond donors (Lipinski definition) is 0. The molecule has 2 aromatic carbocycles. The predicted octanol–water partition coefficient (Wildman–Crippen LogP) is 4.17. The molecule has 2 aliphatic heterocycles. The molecule has 0 radical (unpaired) electrons. The summed E-state index contributed by atoms with van der Waals surface area (Å²) in [5, 5.41) is 0. The van der Waals surface area contributed by atoms with E-state index in [1.165, 1.54) is 21.0 Å². The third-order valence-electron chi connectivity index (χ3n) is 4.58. The van der Waals surface area contributed by atoms with Gasteiger partial charge in [0.25, 0.3) is 0 Å². The highest BCUT2D eigenvalue weighted by atomic mass is 32.2. The van der Waals surface area contributed by atoms with Gasteiger partial charge in [0.05, 0.1) is 18.3 Å². The van der Waals surface area contributed by atoms with Gasteiger partial charge < -0.3 is 14.5 Å². The van der Waals surface area contributed by atoms with Crippen molar-refractivity contribution in [3.05, 3.63) is 54.1 Å². The van der Waals surface area contributed by atoms with Gasteiger partial charge in [0.2, 0.25) is 0 Å². The molecular formula is C19H20N2O2S. The van der Waals surface area contributed by atoms with Crippen LogP contribution in [0.3, 0.4) is 0 Å². The lowest BCUT2D eigenvalue weighted by atomic mass is 10.0. The standard InChI is InChI=1S/C19H20N2O2S/c1-2-23-19(22)20-11-12-21-15-8-4-6-10-18(15)24-17-9-5-3-7-14(17)16(21)13-20/h3-10,16H,2,11-13H2,1H3. The number of ether oxygens (including phenoxy) is 1. The van der Waals surface area contributed by atoms with Gasteiger partial charge in [-0.25, -0.2) is 4.79 Å². The Morgan fingerprint density at radius 1 is 1.12 bits per heavy atom. The quantitative estimate of drug-likeness (QED) is 0.780. The van der Waals surface area contributed by atoms with E-state index < -0.39 is 0 Å². The van der Waals surface area contributed by atoms with Crippen molar-refractivity contribution in [1.29, 1.82) is 0 Å². The van der Waals surface area contributed by atoms with Crippen LogP contribution in [0.4, 0.5) is 10.5 Å². The van der Waals surface area contributed by atoms with Gasteiger partial charge in [-0.3, -0.25) is 0 Å². The number of nitrogens with zero attached hydrogens (tertiary/aromatic N) is 2. The van der Waals surface area contributed by atoms with Crippen molar-refractivity contribution in [2.45, 2.75) is 22.8 Å². The van der Waals surface area contributed by atoms with Gasteiger partial charge in [0, 0.05) is 29.4 Å². The summed E-state index contributed by atoms with van der Waals surface area (Å²) in [6, 6.07) is 17.2. The van der Waals surface area contributed by atoms with Crippen LogP contribution in [0.1, 0.15) is 18.5 Å². The van der Waals surface area contributed by atoms with E-state index in [2.05, 4.69) is 53.4 Å². The Balaban J connectivity index is 1.75. The van der Waals surface area contributed by atoms with Crippen molar-refractivity contribution in [3.8, 4) is 0 Å². The lowest BCUT2D eigenvalue weighted by Crippen LogP contribution is -2.50. The maximum atomic E-state index is 12.2. The molecule has 1 unspecified atom stereocenters. The van der Waals surface area contributed by atoms with Crippen molar-refractivity contribution < 1.29 is 9.53 Å². The Hall–Kier alpha value is -2.14. The van der Waals surface area contributed by atoms with E-state index in [4.69, 9.17) is 4.74 Å². The minimum atomic E-state index is -0.209. The first-order valence-corrected chi connectivity index (χ1v) is 9.13. The summed E-state index contributed by atoms with van der Waals surface area (Å²) in [6.07, 6.45) is -0.209. The molecule has 4 rings (SSSR count). The number of carbonyl (C=O) groups is 1. The second-order valence-corrected chi connectivity index (χ2v) is 7.05. The van der Waals surface area contributed by atoms with Crippen molar-refractivity contribution in [1.82, 2.24) is 4.90 Å². The third-order valence-corrected chi connectivity index (χ3v) is 5.74. The summed E-state index contributed by atoms with van der Waals surface area (Å²) in [5.74, 6) is 0. The molecule has 0 bridgehead atoms. The first kappa shape index (κ1) is 15.4. The van der Waals surface area contributed by atoms with Gasteiger partial charge in [0.15, 0.2) is 0 Å². The molecule has 0 aromatic heterocycles. The van der Waals surface area contributed by atoms with Gasteiger partial charge in [-0.2, -0.15) is 0 Å². The molecule has 1 atom stereocenters. The van der Waals surface area contributed by atoms with E-state index in [1.807, 2.05) is 23.6 Å². The van der Waals surface area contributed by atoms with Crippen molar-refractivity contribution in [3.63, 3.8) is 0 Å². The Morgan fingerprint density at radius 2 is 1.88 bits per heavy atom. The molecular weight excluding hydrogens is 320 g/mol. The highest BCUT2D eigenvalue weighted by Crippen LogP contribution is 2.46. The summed E-state index contributed by atoms with van der Waals surface area (Å²) >= 11 is 1.81. The summed E-state index contributed by atoms with van der Waals surface area (Å²) < 4.78 is 5.21. The van der Waals surface area contributed by atoms with Crippen LogP contribution in [-0.2, 0) is 4.74 Å². The fourth-order valence-electron chi connectivity index (χ4n) is 3.47. The number of fused-ring (bicyclic) bond motifs is 5. The van der Waals surface area contributed by atoms with Gasteiger partial charge in [-0.05, 0) is 30.7 Å². The van der Waals surface area contributed by atoms with Crippen LogP contribution in [0, 0.1) is 0 Å². The largest absolute Gasteiger partial charge is 0.450 e. The average molecular weight is 340 g/mol. The number of hydrogen-bond acceptors (Lipinski definition) is 4. The van der Waals surface area contributed by atoms with E-state index in [0.717, 1.165) is 6.54 Å². The van der Waals surface area contributed by atoms with Crippen molar-refractivity contribution in [2.24, 2.45) is 0 Å². The maximum absolute atomic E-state index is 12.2.